The van der Waals surface area contributed by atoms with Gasteiger partial charge in [-0.1, -0.05) is 45.7 Å². The first-order valence-electron chi connectivity index (χ1n) is 11.8. The van der Waals surface area contributed by atoms with Gasteiger partial charge in [-0.3, -0.25) is 4.79 Å². The van der Waals surface area contributed by atoms with Gasteiger partial charge in [0.25, 0.3) is 11.9 Å². The van der Waals surface area contributed by atoms with E-state index in [2.05, 4.69) is 20.3 Å². The normalized spacial score (nSPS) is 18.4. The van der Waals surface area contributed by atoms with Gasteiger partial charge in [-0.05, 0) is 19.3 Å². The molecule has 0 radical (unpaired) electrons. The Morgan fingerprint density at radius 3 is 2.71 bits per heavy atom. The third-order valence-corrected chi connectivity index (χ3v) is 6.15. The Hall–Kier alpha value is -2.59. The summed E-state index contributed by atoms with van der Waals surface area (Å²) in [5, 5.41) is 3.29. The maximum atomic E-state index is 12.7. The highest BCUT2D eigenvalue weighted by atomic mass is 35.5. The number of H-pyrrole nitrogens is 1. The number of nitrogens with zero attached hydrogens (tertiary/aromatic N) is 3. The third kappa shape index (κ3) is 5.90. The molecule has 1 fully saturated rings. The SMILES string of the molecule is CCCCOC(=O)c1nc(N2CCC(NC(=O)c3nc(Cl)c(CC)[nH]3)C(OC)C2)oc1C(C)C. The molecule has 0 saturated carbocycles. The van der Waals surface area contributed by atoms with Crippen LogP contribution in [0.15, 0.2) is 4.42 Å². The minimum Gasteiger partial charge on any atom is -0.461 e. The molecule has 1 amide bonds. The number of aromatic amines is 1. The van der Waals surface area contributed by atoms with E-state index < -0.39 is 5.97 Å². The molecule has 11 heteroatoms. The van der Waals surface area contributed by atoms with Gasteiger partial charge in [0, 0.05) is 19.6 Å². The second-order valence-electron chi connectivity index (χ2n) is 8.65. The Bertz CT molecular complexity index is 989. The van der Waals surface area contributed by atoms with Crippen LogP contribution < -0.4 is 10.2 Å². The van der Waals surface area contributed by atoms with Gasteiger partial charge in [-0.2, -0.15) is 4.98 Å². The summed E-state index contributed by atoms with van der Waals surface area (Å²) in [6.45, 7) is 9.20. The summed E-state index contributed by atoms with van der Waals surface area (Å²) >= 11 is 6.07. The van der Waals surface area contributed by atoms with Crippen LogP contribution in [0.5, 0.6) is 0 Å². The number of nitrogens with one attached hydrogen (secondary N) is 2. The fourth-order valence-electron chi connectivity index (χ4n) is 3.83. The number of anilines is 1. The van der Waals surface area contributed by atoms with Crippen LogP contribution in [-0.4, -0.2) is 65.8 Å². The number of esters is 1. The molecule has 188 valence electrons. The lowest BCUT2D eigenvalue weighted by molar-refractivity contribution is 0.0489. The Kier molecular flexibility index (Phi) is 8.96. The second kappa shape index (κ2) is 11.7. The predicted octanol–water partition coefficient (Wildman–Crippen LogP) is 3.72. The van der Waals surface area contributed by atoms with Gasteiger partial charge in [0.15, 0.2) is 16.7 Å². The number of unbranched alkanes of at least 4 members (excludes halogenated alkanes) is 1. The fraction of sp³-hybridized carbons (Fsp3) is 0.652. The minimum atomic E-state index is -0.471. The standard InChI is InChI=1S/C23H34ClN5O5/c1-6-8-11-33-22(31)17-18(13(3)4)34-23(27-17)29-10-9-15(16(12-29)32-5)26-21(30)20-25-14(7-2)19(24)28-20/h13,15-16H,6-12H2,1-5H3,(H,25,28)(H,26,30). The lowest BCUT2D eigenvalue weighted by Crippen LogP contribution is -2.55. The number of halogens is 1. The molecule has 34 heavy (non-hydrogen) atoms. The van der Waals surface area contributed by atoms with E-state index in [0.29, 0.717) is 49.5 Å². The van der Waals surface area contributed by atoms with Crippen LogP contribution in [0.4, 0.5) is 6.01 Å². The van der Waals surface area contributed by atoms with Crippen molar-refractivity contribution in [2.75, 3.05) is 31.7 Å². The molecule has 2 N–H and O–H groups in total. The highest BCUT2D eigenvalue weighted by Gasteiger charge is 2.34. The highest BCUT2D eigenvalue weighted by molar-refractivity contribution is 6.30. The van der Waals surface area contributed by atoms with E-state index >= 15 is 0 Å². The van der Waals surface area contributed by atoms with Crippen molar-refractivity contribution < 1.29 is 23.5 Å². The molecular weight excluding hydrogens is 462 g/mol. The summed E-state index contributed by atoms with van der Waals surface area (Å²) in [4.78, 5) is 38.7. The van der Waals surface area contributed by atoms with Crippen molar-refractivity contribution in [3.05, 3.63) is 28.1 Å². The number of amides is 1. The van der Waals surface area contributed by atoms with E-state index in [-0.39, 0.29) is 35.5 Å². The summed E-state index contributed by atoms with van der Waals surface area (Å²) < 4.78 is 17.0. The number of imidazole rings is 1. The molecule has 2 atom stereocenters. The molecule has 1 aliphatic heterocycles. The number of carbonyl (C=O) groups excluding carboxylic acids is 2. The van der Waals surface area contributed by atoms with Crippen LogP contribution in [-0.2, 0) is 15.9 Å². The zero-order valence-electron chi connectivity index (χ0n) is 20.4. The van der Waals surface area contributed by atoms with Gasteiger partial charge < -0.3 is 29.1 Å². The quantitative estimate of drug-likeness (QED) is 0.377. The van der Waals surface area contributed by atoms with Gasteiger partial charge in [0.1, 0.15) is 5.76 Å². The molecule has 1 saturated heterocycles. The van der Waals surface area contributed by atoms with Crippen LogP contribution >= 0.6 is 11.6 Å². The largest absolute Gasteiger partial charge is 0.461 e. The maximum absolute atomic E-state index is 12.7. The summed E-state index contributed by atoms with van der Waals surface area (Å²) in [6, 6.07) is 0.115. The number of hydrogen-bond donors (Lipinski definition) is 2. The van der Waals surface area contributed by atoms with E-state index in [1.165, 1.54) is 0 Å². The van der Waals surface area contributed by atoms with Gasteiger partial charge in [-0.15, -0.1) is 0 Å². The number of aryl methyl sites for hydroxylation is 1. The Morgan fingerprint density at radius 1 is 1.32 bits per heavy atom. The van der Waals surface area contributed by atoms with Crippen LogP contribution in [0.3, 0.4) is 0 Å². The van der Waals surface area contributed by atoms with Gasteiger partial charge >= 0.3 is 5.97 Å². The average molecular weight is 496 g/mol. The van der Waals surface area contributed by atoms with Crippen molar-refractivity contribution in [2.45, 2.75) is 71.4 Å². The molecule has 0 bridgehead atoms. The smallest absolute Gasteiger partial charge is 0.360 e. The third-order valence-electron chi connectivity index (χ3n) is 5.84. The zero-order chi connectivity index (χ0) is 24.8. The molecule has 0 spiro atoms. The summed E-state index contributed by atoms with van der Waals surface area (Å²) in [5.74, 6) is -0.154. The molecule has 10 nitrogen and oxygen atoms in total. The van der Waals surface area contributed by atoms with Crippen molar-refractivity contribution in [1.29, 1.82) is 0 Å². The number of ether oxygens (including phenoxy) is 2. The molecular formula is C23H34ClN5O5. The Labute approximate surface area is 204 Å². The van der Waals surface area contributed by atoms with E-state index in [1.807, 2.05) is 32.6 Å². The Balaban J connectivity index is 1.69. The number of carbonyl (C=O) groups is 2. The average Bonchev–Trinajstić information content (AvgIpc) is 3.43. The van der Waals surface area contributed by atoms with Crippen molar-refractivity contribution >= 4 is 29.5 Å². The predicted molar refractivity (Wildman–Crippen MR) is 128 cm³/mol. The van der Waals surface area contributed by atoms with Gasteiger partial charge in [0.2, 0.25) is 0 Å². The first-order valence-corrected chi connectivity index (χ1v) is 12.2. The van der Waals surface area contributed by atoms with Gasteiger partial charge in [0.05, 0.1) is 31.0 Å². The molecule has 2 aromatic heterocycles. The molecule has 2 unspecified atom stereocenters. The van der Waals surface area contributed by atoms with Crippen LogP contribution in [0.2, 0.25) is 5.15 Å². The topological polar surface area (TPSA) is 123 Å². The number of hydrogen-bond acceptors (Lipinski definition) is 8. The molecule has 0 aliphatic carbocycles. The van der Waals surface area contributed by atoms with E-state index in [1.54, 1.807) is 7.11 Å². The fourth-order valence-corrected chi connectivity index (χ4v) is 4.10. The molecule has 3 rings (SSSR count). The molecule has 1 aliphatic rings. The summed E-state index contributed by atoms with van der Waals surface area (Å²) in [6.07, 6.45) is 2.66. The number of aromatic nitrogens is 3. The highest BCUT2D eigenvalue weighted by Crippen LogP contribution is 2.29. The van der Waals surface area contributed by atoms with Crippen molar-refractivity contribution in [3.8, 4) is 0 Å². The van der Waals surface area contributed by atoms with Crippen LogP contribution in [0.25, 0.3) is 0 Å². The molecule has 2 aromatic rings. The van der Waals surface area contributed by atoms with Crippen molar-refractivity contribution in [1.82, 2.24) is 20.3 Å². The Morgan fingerprint density at radius 2 is 2.09 bits per heavy atom. The number of oxazole rings is 1. The van der Waals surface area contributed by atoms with Crippen LogP contribution in [0, 0.1) is 0 Å². The van der Waals surface area contributed by atoms with Crippen molar-refractivity contribution in [3.63, 3.8) is 0 Å². The lowest BCUT2D eigenvalue weighted by Gasteiger charge is -2.37. The first kappa shape index (κ1) is 26.0. The number of piperidine rings is 1. The maximum Gasteiger partial charge on any atom is 0.360 e. The summed E-state index contributed by atoms with van der Waals surface area (Å²) in [7, 11) is 1.60. The molecule has 0 aromatic carbocycles. The van der Waals surface area contributed by atoms with E-state index in [0.717, 1.165) is 18.5 Å². The molecule has 3 heterocycles. The van der Waals surface area contributed by atoms with Crippen molar-refractivity contribution in [2.24, 2.45) is 0 Å². The lowest BCUT2D eigenvalue weighted by atomic mass is 10.0. The second-order valence-corrected chi connectivity index (χ2v) is 9.01. The van der Waals surface area contributed by atoms with Crippen LogP contribution in [0.1, 0.15) is 85.4 Å². The minimum absolute atomic E-state index is 0.0295. The number of rotatable bonds is 10. The summed E-state index contributed by atoms with van der Waals surface area (Å²) in [5.41, 5.74) is 0.936. The van der Waals surface area contributed by atoms with Gasteiger partial charge in [-0.25, -0.2) is 9.78 Å². The van der Waals surface area contributed by atoms with E-state index in [9.17, 15) is 9.59 Å². The monoisotopic (exact) mass is 495 g/mol. The number of methoxy groups -OCH3 is 1. The first-order chi connectivity index (χ1) is 16.3. The van der Waals surface area contributed by atoms with E-state index in [4.69, 9.17) is 25.5 Å². The zero-order valence-corrected chi connectivity index (χ0v) is 21.2.